The van der Waals surface area contributed by atoms with Crippen LogP contribution in [0.3, 0.4) is 0 Å². The van der Waals surface area contributed by atoms with Gasteiger partial charge in [-0.15, -0.1) is 0 Å². The molecule has 0 heterocycles. The predicted octanol–water partition coefficient (Wildman–Crippen LogP) is 23.2. The molecule has 0 aromatic carbocycles. The number of phosphoric acid groups is 2. The van der Waals surface area contributed by atoms with Crippen LogP contribution in [0.15, 0.2) is 0 Å². The highest BCUT2D eigenvalue weighted by atomic mass is 31.2. The second-order valence-electron chi connectivity index (χ2n) is 29.9. The molecule has 0 bridgehead atoms. The Labute approximate surface area is 600 Å². The number of aliphatic hydroxyl groups excluding tert-OH is 1. The van der Waals surface area contributed by atoms with Gasteiger partial charge >= 0.3 is 39.5 Å². The van der Waals surface area contributed by atoms with Gasteiger partial charge in [0, 0.05) is 25.7 Å². The third-order valence-corrected chi connectivity index (χ3v) is 20.9. The smallest absolute Gasteiger partial charge is 0.462 e. The van der Waals surface area contributed by atoms with Crippen LogP contribution in [0.1, 0.15) is 402 Å². The third kappa shape index (κ3) is 69.8. The SMILES string of the molecule is CCC(C)CCCCCCCCC(=O)OC[C@H](COP(=O)(O)OC[C@H](O)COP(=O)(O)OC[C@@H](COC(=O)CCCCCCCCCCCCCCCCCCCCC(C)C)OC(=O)CCCCCCCCCCCCCCCCC(C)C)OC(=O)CCCCCCCCC(C)CC. The maximum Gasteiger partial charge on any atom is 0.472 e. The summed E-state index contributed by atoms with van der Waals surface area (Å²) in [7, 11) is -9.92. The Balaban J connectivity index is 5.20. The molecule has 0 saturated heterocycles. The van der Waals surface area contributed by atoms with E-state index in [2.05, 4.69) is 55.4 Å². The molecule has 0 rings (SSSR count). The van der Waals surface area contributed by atoms with E-state index in [4.69, 9.17) is 37.0 Å². The summed E-state index contributed by atoms with van der Waals surface area (Å²) < 4.78 is 68.6. The number of aliphatic hydroxyl groups is 1. The summed E-state index contributed by atoms with van der Waals surface area (Å²) >= 11 is 0. The Morgan fingerprint density at radius 2 is 0.490 bits per heavy atom. The zero-order chi connectivity index (χ0) is 72.4. The fraction of sp³-hybridized carbons (Fsp3) is 0.949. The Hall–Kier alpha value is -1.94. The first-order valence-electron chi connectivity index (χ1n) is 40.8. The molecule has 4 unspecified atom stereocenters. The lowest BCUT2D eigenvalue weighted by atomic mass is 10.00. The molecule has 0 aromatic rings. The zero-order valence-corrected chi connectivity index (χ0v) is 66.2. The lowest BCUT2D eigenvalue weighted by Gasteiger charge is -2.21. The van der Waals surface area contributed by atoms with Crippen LogP contribution in [-0.4, -0.2) is 96.7 Å². The van der Waals surface area contributed by atoms with Crippen LogP contribution in [-0.2, 0) is 65.4 Å². The maximum absolute atomic E-state index is 13.1. The van der Waals surface area contributed by atoms with Crippen LogP contribution >= 0.6 is 15.6 Å². The van der Waals surface area contributed by atoms with Crippen molar-refractivity contribution < 1.29 is 80.2 Å². The molecule has 7 atom stereocenters. The van der Waals surface area contributed by atoms with Crippen LogP contribution in [0.4, 0.5) is 0 Å². The maximum atomic E-state index is 13.1. The normalized spacial score (nSPS) is 14.6. The van der Waals surface area contributed by atoms with Crippen molar-refractivity contribution in [3.63, 3.8) is 0 Å². The summed E-state index contributed by atoms with van der Waals surface area (Å²) in [5.74, 6) is 0.947. The Morgan fingerprint density at radius 3 is 0.724 bits per heavy atom. The van der Waals surface area contributed by atoms with Crippen molar-refractivity contribution in [3.8, 4) is 0 Å². The number of rotatable bonds is 76. The molecule has 17 nitrogen and oxygen atoms in total. The van der Waals surface area contributed by atoms with E-state index in [0.29, 0.717) is 25.7 Å². The number of hydrogen-bond acceptors (Lipinski definition) is 15. The van der Waals surface area contributed by atoms with E-state index in [9.17, 15) is 43.2 Å². The molecular weight excluding hydrogens is 1280 g/mol. The average molecular weight is 1440 g/mol. The molecule has 19 heteroatoms. The number of esters is 4. The lowest BCUT2D eigenvalue weighted by Crippen LogP contribution is -2.30. The lowest BCUT2D eigenvalue weighted by molar-refractivity contribution is -0.161. The number of ether oxygens (including phenoxy) is 4. The summed E-state index contributed by atoms with van der Waals surface area (Å²) in [6, 6.07) is 0. The Bertz CT molecular complexity index is 1920. The molecule has 582 valence electrons. The molecule has 0 radical (unpaired) electrons. The van der Waals surface area contributed by atoms with Gasteiger partial charge < -0.3 is 33.8 Å². The Kier molecular flexibility index (Phi) is 66.8. The summed E-state index contributed by atoms with van der Waals surface area (Å²) in [4.78, 5) is 72.9. The van der Waals surface area contributed by atoms with E-state index in [-0.39, 0.29) is 25.7 Å². The minimum atomic E-state index is -4.96. The van der Waals surface area contributed by atoms with Crippen LogP contribution in [0.5, 0.6) is 0 Å². The number of hydrogen-bond donors (Lipinski definition) is 3. The molecule has 0 saturated carbocycles. The summed E-state index contributed by atoms with van der Waals surface area (Å²) in [6.07, 6.45) is 54.4. The first-order valence-corrected chi connectivity index (χ1v) is 43.8. The molecule has 0 spiro atoms. The molecule has 0 amide bonds. The van der Waals surface area contributed by atoms with Crippen molar-refractivity contribution >= 4 is 39.5 Å². The topological polar surface area (TPSA) is 237 Å². The predicted molar refractivity (Wildman–Crippen MR) is 400 cm³/mol. The van der Waals surface area contributed by atoms with E-state index < -0.39 is 97.5 Å². The van der Waals surface area contributed by atoms with E-state index in [1.807, 2.05) is 0 Å². The quantitative estimate of drug-likeness (QED) is 0.0222. The number of phosphoric ester groups is 2. The van der Waals surface area contributed by atoms with Crippen LogP contribution in [0.2, 0.25) is 0 Å². The molecule has 3 N–H and O–H groups in total. The van der Waals surface area contributed by atoms with E-state index >= 15 is 0 Å². The molecule has 0 aliphatic heterocycles. The van der Waals surface area contributed by atoms with Gasteiger partial charge in [0.25, 0.3) is 0 Å². The molecule has 0 aliphatic carbocycles. The van der Waals surface area contributed by atoms with Crippen molar-refractivity contribution in [2.24, 2.45) is 23.7 Å². The molecule has 0 aliphatic rings. The van der Waals surface area contributed by atoms with Gasteiger partial charge in [-0.2, -0.15) is 0 Å². The highest BCUT2D eigenvalue weighted by molar-refractivity contribution is 7.47. The summed E-state index contributed by atoms with van der Waals surface area (Å²) in [6.45, 7) is 14.2. The van der Waals surface area contributed by atoms with E-state index in [1.54, 1.807) is 0 Å². The van der Waals surface area contributed by atoms with Gasteiger partial charge in [0.1, 0.15) is 19.3 Å². The molecule has 0 fully saturated rings. The van der Waals surface area contributed by atoms with E-state index in [0.717, 1.165) is 120 Å². The van der Waals surface area contributed by atoms with Crippen molar-refractivity contribution in [2.75, 3.05) is 39.6 Å². The minimum Gasteiger partial charge on any atom is -0.462 e. The van der Waals surface area contributed by atoms with Crippen LogP contribution in [0, 0.1) is 23.7 Å². The molecule has 98 heavy (non-hydrogen) atoms. The fourth-order valence-electron chi connectivity index (χ4n) is 12.0. The largest absolute Gasteiger partial charge is 0.472 e. The molecule has 0 aromatic heterocycles. The van der Waals surface area contributed by atoms with Crippen molar-refractivity contribution in [2.45, 2.75) is 420 Å². The van der Waals surface area contributed by atoms with Gasteiger partial charge in [0.2, 0.25) is 0 Å². The van der Waals surface area contributed by atoms with Crippen LogP contribution in [0.25, 0.3) is 0 Å². The third-order valence-electron chi connectivity index (χ3n) is 19.0. The first kappa shape index (κ1) is 96.1. The van der Waals surface area contributed by atoms with Gasteiger partial charge in [0.15, 0.2) is 12.2 Å². The molecular formula is C79H154O17P2. The number of unbranched alkanes of at least 4 members (excludes halogenated alkanes) is 40. The van der Waals surface area contributed by atoms with Crippen molar-refractivity contribution in [1.29, 1.82) is 0 Å². The van der Waals surface area contributed by atoms with Gasteiger partial charge in [-0.3, -0.25) is 37.3 Å². The minimum absolute atomic E-state index is 0.102. The summed E-state index contributed by atoms with van der Waals surface area (Å²) in [5.41, 5.74) is 0. The monoisotopic (exact) mass is 1440 g/mol. The second kappa shape index (κ2) is 68.2. The highest BCUT2D eigenvalue weighted by Gasteiger charge is 2.30. The van der Waals surface area contributed by atoms with Gasteiger partial charge in [-0.1, -0.05) is 351 Å². The van der Waals surface area contributed by atoms with Crippen molar-refractivity contribution in [1.82, 2.24) is 0 Å². The standard InChI is InChI=1S/C79H154O17P2/c1-9-71(7)57-49-41-35-37-44-52-60-77(82)90-66-75(96-79(84)62-54-46-38-36-42-50-58-72(8)10-2)68-94-98(87,88)92-64-73(80)63-91-97(85,86)93-67-74(95-78(83)61-53-45-34-30-26-22-18-17-20-24-28-32-40-48-56-70(5)6)65-89-76(81)59-51-43-33-29-25-21-16-14-12-11-13-15-19-23-27-31-39-47-55-69(3)4/h69-75,80H,9-68H2,1-8H3,(H,85,86)(H,87,88)/t71?,72?,73-,74-,75-/m1/s1. The van der Waals surface area contributed by atoms with Gasteiger partial charge in [0.05, 0.1) is 26.4 Å². The Morgan fingerprint density at radius 1 is 0.286 bits per heavy atom. The number of carbonyl (C=O) groups is 4. The number of carbonyl (C=O) groups excluding carboxylic acids is 4. The van der Waals surface area contributed by atoms with Gasteiger partial charge in [-0.05, 0) is 49.4 Å². The van der Waals surface area contributed by atoms with Crippen LogP contribution < -0.4 is 0 Å². The first-order chi connectivity index (χ1) is 47.2. The van der Waals surface area contributed by atoms with E-state index in [1.165, 1.54) is 199 Å². The summed E-state index contributed by atoms with van der Waals surface area (Å²) in [5, 5.41) is 10.6. The fourth-order valence-corrected chi connectivity index (χ4v) is 13.6. The van der Waals surface area contributed by atoms with Gasteiger partial charge in [-0.25, -0.2) is 9.13 Å². The second-order valence-corrected chi connectivity index (χ2v) is 32.8. The zero-order valence-electron chi connectivity index (χ0n) is 64.4. The highest BCUT2D eigenvalue weighted by Crippen LogP contribution is 2.45. The average Bonchev–Trinajstić information content (AvgIpc) is 1.30. The van der Waals surface area contributed by atoms with Crippen molar-refractivity contribution in [3.05, 3.63) is 0 Å².